The maximum atomic E-state index is 11.9. The van der Waals surface area contributed by atoms with Gasteiger partial charge >= 0.3 is 0 Å². The van der Waals surface area contributed by atoms with Gasteiger partial charge in [0.1, 0.15) is 0 Å². The van der Waals surface area contributed by atoms with Crippen LogP contribution in [0, 0.1) is 0 Å². The number of nitrogens with one attached hydrogen (secondary N) is 1. The number of hydrogen-bond donors (Lipinski definition) is 2. The molecule has 1 amide bonds. The first kappa shape index (κ1) is 13.5. The van der Waals surface area contributed by atoms with E-state index < -0.39 is 0 Å². The zero-order chi connectivity index (χ0) is 13.0. The number of carbonyl (C=O) groups is 1. The van der Waals surface area contributed by atoms with Crippen molar-refractivity contribution in [2.24, 2.45) is 0 Å². The predicted octanol–water partition coefficient (Wildman–Crippen LogP) is 0.862. The smallest absolute Gasteiger partial charge is 0.237 e. The number of nitrogens with zero attached hydrogens (tertiary/aromatic N) is 1. The number of thiophene rings is 1. The molecule has 18 heavy (non-hydrogen) atoms. The van der Waals surface area contributed by atoms with E-state index in [2.05, 4.69) is 11.4 Å². The second-order valence-corrected chi connectivity index (χ2v) is 5.77. The monoisotopic (exact) mass is 268 g/mol. The van der Waals surface area contributed by atoms with Gasteiger partial charge in [-0.1, -0.05) is 6.07 Å². The van der Waals surface area contributed by atoms with Gasteiger partial charge in [0.25, 0.3) is 0 Å². The Hall–Kier alpha value is -0.910. The molecule has 0 aliphatic carbocycles. The maximum Gasteiger partial charge on any atom is 0.237 e. The molecule has 0 unspecified atom stereocenters. The van der Waals surface area contributed by atoms with Crippen molar-refractivity contribution in [3.63, 3.8) is 0 Å². The molecular weight excluding hydrogens is 248 g/mol. The minimum atomic E-state index is -0.272. The Labute approximate surface area is 112 Å². The summed E-state index contributed by atoms with van der Waals surface area (Å²) >= 11 is 1.71. The molecule has 2 atom stereocenters. The fraction of sp³-hybridized carbons (Fsp3) is 0.615. The summed E-state index contributed by atoms with van der Waals surface area (Å²) in [6, 6.07) is 3.96. The Morgan fingerprint density at radius 3 is 3.17 bits per heavy atom. The molecule has 0 aromatic carbocycles. The molecule has 1 saturated heterocycles. The number of carbonyl (C=O) groups excluding carboxylic acids is 1. The second kappa shape index (κ2) is 6.31. The summed E-state index contributed by atoms with van der Waals surface area (Å²) in [7, 11) is 0. The van der Waals surface area contributed by atoms with Crippen molar-refractivity contribution in [1.29, 1.82) is 0 Å². The van der Waals surface area contributed by atoms with E-state index in [0.29, 0.717) is 13.1 Å². The van der Waals surface area contributed by atoms with Gasteiger partial charge in [0, 0.05) is 24.5 Å². The minimum absolute atomic E-state index is 0.0562. The van der Waals surface area contributed by atoms with Crippen LogP contribution >= 0.6 is 11.3 Å². The van der Waals surface area contributed by atoms with Gasteiger partial charge in [0.05, 0.1) is 12.1 Å². The minimum Gasteiger partial charge on any atom is -0.392 e. The van der Waals surface area contributed by atoms with E-state index in [-0.39, 0.29) is 18.1 Å². The molecule has 1 aromatic rings. The molecule has 1 aliphatic heterocycles. The van der Waals surface area contributed by atoms with Crippen molar-refractivity contribution in [1.82, 2.24) is 10.2 Å². The lowest BCUT2D eigenvalue weighted by molar-refractivity contribution is -0.125. The first-order valence-electron chi connectivity index (χ1n) is 6.39. The summed E-state index contributed by atoms with van der Waals surface area (Å²) < 4.78 is 0. The van der Waals surface area contributed by atoms with Gasteiger partial charge in [-0.2, -0.15) is 0 Å². The van der Waals surface area contributed by atoms with Gasteiger partial charge in [-0.25, -0.2) is 0 Å². The fourth-order valence-corrected chi connectivity index (χ4v) is 2.91. The Balaban J connectivity index is 1.70. The van der Waals surface area contributed by atoms with Crippen LogP contribution in [0.1, 0.15) is 18.2 Å². The lowest BCUT2D eigenvalue weighted by Crippen LogP contribution is -2.44. The Kier molecular flexibility index (Phi) is 4.74. The molecule has 2 rings (SSSR count). The molecule has 1 aliphatic rings. The van der Waals surface area contributed by atoms with Gasteiger partial charge in [-0.3, -0.25) is 9.69 Å². The standard InChI is InChI=1S/C13H20N2O2S/c1-10(15-7-5-11(16)9-15)13(17)14-6-4-12-3-2-8-18-12/h2-3,8,10-11,16H,4-7,9H2,1H3,(H,14,17)/t10-,11+/m0/s1. The zero-order valence-corrected chi connectivity index (χ0v) is 11.4. The number of aliphatic hydroxyl groups is 1. The summed E-state index contributed by atoms with van der Waals surface area (Å²) in [5.41, 5.74) is 0. The quantitative estimate of drug-likeness (QED) is 0.833. The average molecular weight is 268 g/mol. The van der Waals surface area contributed by atoms with E-state index in [4.69, 9.17) is 0 Å². The molecule has 0 spiro atoms. The molecule has 100 valence electrons. The molecule has 1 fully saturated rings. The van der Waals surface area contributed by atoms with Crippen LogP contribution in [0.3, 0.4) is 0 Å². The normalized spacial score (nSPS) is 22.0. The van der Waals surface area contributed by atoms with E-state index >= 15 is 0 Å². The lowest BCUT2D eigenvalue weighted by Gasteiger charge is -2.22. The van der Waals surface area contributed by atoms with Crippen LogP contribution in [0.15, 0.2) is 17.5 Å². The van der Waals surface area contributed by atoms with Crippen molar-refractivity contribution >= 4 is 17.2 Å². The lowest BCUT2D eigenvalue weighted by atomic mass is 10.2. The van der Waals surface area contributed by atoms with Gasteiger partial charge in [0.15, 0.2) is 0 Å². The number of β-amino-alcohol motifs (C(OH)–C–C–N with tert-alkyl or cyclic N) is 1. The van der Waals surface area contributed by atoms with Gasteiger partial charge in [-0.15, -0.1) is 11.3 Å². The number of amides is 1. The molecule has 0 bridgehead atoms. The summed E-state index contributed by atoms with van der Waals surface area (Å²) in [6.45, 7) is 4.00. The first-order valence-corrected chi connectivity index (χ1v) is 7.27. The maximum absolute atomic E-state index is 11.9. The molecule has 2 N–H and O–H groups in total. The fourth-order valence-electron chi connectivity index (χ4n) is 2.20. The summed E-state index contributed by atoms with van der Waals surface area (Å²) in [4.78, 5) is 15.3. The van der Waals surface area contributed by atoms with E-state index in [1.165, 1.54) is 4.88 Å². The van der Waals surface area contributed by atoms with E-state index in [0.717, 1.165) is 19.4 Å². The third kappa shape index (κ3) is 3.54. The molecule has 4 nitrogen and oxygen atoms in total. The van der Waals surface area contributed by atoms with Crippen LogP contribution in [0.2, 0.25) is 0 Å². The highest BCUT2D eigenvalue weighted by Gasteiger charge is 2.28. The van der Waals surface area contributed by atoms with E-state index in [1.54, 1.807) is 11.3 Å². The number of aliphatic hydroxyl groups excluding tert-OH is 1. The molecule has 1 aromatic heterocycles. The van der Waals surface area contributed by atoms with Gasteiger partial charge in [0.2, 0.25) is 5.91 Å². The van der Waals surface area contributed by atoms with E-state index in [1.807, 2.05) is 23.3 Å². The third-order valence-corrected chi connectivity index (χ3v) is 4.31. The highest BCUT2D eigenvalue weighted by Crippen LogP contribution is 2.12. The topological polar surface area (TPSA) is 52.6 Å². The van der Waals surface area contributed by atoms with Crippen molar-refractivity contribution in [2.75, 3.05) is 19.6 Å². The summed E-state index contributed by atoms with van der Waals surface area (Å²) in [5.74, 6) is 0.0562. The number of rotatable bonds is 5. The first-order chi connectivity index (χ1) is 8.66. The molecule has 0 saturated carbocycles. The van der Waals surface area contributed by atoms with Gasteiger partial charge in [-0.05, 0) is 31.2 Å². The zero-order valence-electron chi connectivity index (χ0n) is 10.6. The van der Waals surface area contributed by atoms with Crippen molar-refractivity contribution < 1.29 is 9.90 Å². The van der Waals surface area contributed by atoms with Crippen molar-refractivity contribution in [2.45, 2.75) is 31.9 Å². The molecule has 2 heterocycles. The highest BCUT2D eigenvalue weighted by molar-refractivity contribution is 7.09. The Morgan fingerprint density at radius 1 is 1.72 bits per heavy atom. The van der Waals surface area contributed by atoms with E-state index in [9.17, 15) is 9.90 Å². The van der Waals surface area contributed by atoms with Gasteiger partial charge < -0.3 is 10.4 Å². The molecular formula is C13H20N2O2S. The van der Waals surface area contributed by atoms with Crippen LogP contribution < -0.4 is 5.32 Å². The Morgan fingerprint density at radius 2 is 2.56 bits per heavy atom. The highest BCUT2D eigenvalue weighted by atomic mass is 32.1. The van der Waals surface area contributed by atoms with Crippen LogP contribution in [0.5, 0.6) is 0 Å². The largest absolute Gasteiger partial charge is 0.392 e. The third-order valence-electron chi connectivity index (χ3n) is 3.37. The number of hydrogen-bond acceptors (Lipinski definition) is 4. The van der Waals surface area contributed by atoms with Crippen LogP contribution in [-0.4, -0.2) is 47.7 Å². The summed E-state index contributed by atoms with van der Waals surface area (Å²) in [6.07, 6.45) is 1.39. The average Bonchev–Trinajstić information content (AvgIpc) is 2.99. The summed E-state index contributed by atoms with van der Waals surface area (Å²) in [5, 5.41) is 14.5. The van der Waals surface area contributed by atoms with Crippen molar-refractivity contribution in [3.8, 4) is 0 Å². The van der Waals surface area contributed by atoms with Crippen LogP contribution in [0.25, 0.3) is 0 Å². The second-order valence-electron chi connectivity index (χ2n) is 4.73. The van der Waals surface area contributed by atoms with Crippen molar-refractivity contribution in [3.05, 3.63) is 22.4 Å². The molecule has 0 radical (unpaired) electrons. The van der Waals surface area contributed by atoms with Crippen LogP contribution in [-0.2, 0) is 11.2 Å². The SMILES string of the molecule is C[C@@H](C(=O)NCCc1cccs1)N1CC[C@@H](O)C1. The number of likely N-dealkylation sites (tertiary alicyclic amines) is 1. The van der Waals surface area contributed by atoms with Crippen LogP contribution in [0.4, 0.5) is 0 Å². The molecule has 5 heteroatoms. The predicted molar refractivity (Wildman–Crippen MR) is 72.7 cm³/mol. The Bertz CT molecular complexity index is 380.